The Labute approximate surface area is 209 Å². The van der Waals surface area contributed by atoms with E-state index in [0.717, 1.165) is 12.8 Å². The summed E-state index contributed by atoms with van der Waals surface area (Å²) in [5.74, 6) is -0.826. The third kappa shape index (κ3) is 4.32. The number of carbonyl (C=O) groups excluding carboxylic acids is 3. The fourth-order valence-electron chi connectivity index (χ4n) is 5.46. The fraction of sp³-hybridized carbons (Fsp3) is 0.444. The van der Waals surface area contributed by atoms with Crippen molar-refractivity contribution in [3.63, 3.8) is 0 Å². The molecule has 3 aliphatic heterocycles. The average molecular weight is 496 g/mol. The molecule has 1 unspecified atom stereocenters. The molecule has 3 amide bonds. The second-order valence-electron chi connectivity index (χ2n) is 9.48. The van der Waals surface area contributed by atoms with Gasteiger partial charge in [-0.25, -0.2) is 4.39 Å². The average Bonchev–Trinajstić information content (AvgIpc) is 3.57. The topological polar surface area (TPSA) is 79.4 Å². The largest absolute Gasteiger partial charge is 0.497 e. The van der Waals surface area contributed by atoms with Crippen molar-refractivity contribution < 1.29 is 28.2 Å². The highest BCUT2D eigenvalue weighted by Gasteiger charge is 2.55. The van der Waals surface area contributed by atoms with Gasteiger partial charge in [0.25, 0.3) is 11.8 Å². The standard InChI is InChI=1S/C27H30FN3O5/c1-35-20-8-6-7-19(17-20)24(32)31-23(26(34)29-13-4-5-14-29)18-36-27(31)11-15-30(16-12-27)25(33)21-9-2-3-10-22(21)28/h2-3,6-10,17,23H,4-5,11-16,18H2,1H3. The lowest BCUT2D eigenvalue weighted by Gasteiger charge is -2.44. The van der Waals surface area contributed by atoms with E-state index >= 15 is 0 Å². The van der Waals surface area contributed by atoms with Gasteiger partial charge in [-0.2, -0.15) is 0 Å². The highest BCUT2D eigenvalue weighted by molar-refractivity contribution is 5.99. The molecule has 36 heavy (non-hydrogen) atoms. The zero-order valence-electron chi connectivity index (χ0n) is 20.3. The number of rotatable bonds is 4. The Morgan fingerprint density at radius 2 is 1.67 bits per heavy atom. The van der Waals surface area contributed by atoms with E-state index in [1.165, 1.54) is 19.2 Å². The van der Waals surface area contributed by atoms with Crippen LogP contribution < -0.4 is 4.74 Å². The van der Waals surface area contributed by atoms with Crippen molar-refractivity contribution in [2.45, 2.75) is 37.5 Å². The Morgan fingerprint density at radius 1 is 0.944 bits per heavy atom. The molecule has 3 saturated heterocycles. The molecule has 3 aliphatic rings. The zero-order valence-corrected chi connectivity index (χ0v) is 20.3. The summed E-state index contributed by atoms with van der Waals surface area (Å²) in [5.41, 5.74) is -0.595. The van der Waals surface area contributed by atoms with E-state index in [4.69, 9.17) is 9.47 Å². The van der Waals surface area contributed by atoms with Gasteiger partial charge in [-0.1, -0.05) is 18.2 Å². The monoisotopic (exact) mass is 495 g/mol. The molecule has 1 spiro atoms. The van der Waals surface area contributed by atoms with Gasteiger partial charge in [-0.3, -0.25) is 19.3 Å². The Hall–Kier alpha value is -3.46. The molecule has 0 aromatic heterocycles. The molecular formula is C27H30FN3O5. The zero-order chi connectivity index (χ0) is 25.3. The highest BCUT2D eigenvalue weighted by atomic mass is 19.1. The lowest BCUT2D eigenvalue weighted by atomic mass is 9.96. The van der Waals surface area contributed by atoms with Gasteiger partial charge in [0.2, 0.25) is 5.91 Å². The van der Waals surface area contributed by atoms with Gasteiger partial charge in [0, 0.05) is 44.6 Å². The lowest BCUT2D eigenvalue weighted by Crippen LogP contribution is -2.60. The van der Waals surface area contributed by atoms with Gasteiger partial charge in [-0.15, -0.1) is 0 Å². The van der Waals surface area contributed by atoms with E-state index < -0.39 is 23.5 Å². The summed E-state index contributed by atoms with van der Waals surface area (Å²) < 4.78 is 25.8. The first-order chi connectivity index (χ1) is 17.4. The van der Waals surface area contributed by atoms with Crippen molar-refractivity contribution in [2.24, 2.45) is 0 Å². The van der Waals surface area contributed by atoms with Crippen LogP contribution in [0.25, 0.3) is 0 Å². The predicted molar refractivity (Wildman–Crippen MR) is 129 cm³/mol. The summed E-state index contributed by atoms with van der Waals surface area (Å²) in [6, 6.07) is 12.0. The van der Waals surface area contributed by atoms with Crippen molar-refractivity contribution in [3.8, 4) is 5.75 Å². The van der Waals surface area contributed by atoms with E-state index in [9.17, 15) is 18.8 Å². The third-order valence-electron chi connectivity index (χ3n) is 7.44. The number of hydrogen-bond acceptors (Lipinski definition) is 5. The van der Waals surface area contributed by atoms with Crippen LogP contribution in [-0.2, 0) is 9.53 Å². The molecule has 190 valence electrons. The van der Waals surface area contributed by atoms with Crippen molar-refractivity contribution in [3.05, 3.63) is 65.5 Å². The van der Waals surface area contributed by atoms with Gasteiger partial charge < -0.3 is 19.3 Å². The van der Waals surface area contributed by atoms with Crippen LogP contribution in [0.1, 0.15) is 46.4 Å². The van der Waals surface area contributed by atoms with E-state index in [2.05, 4.69) is 0 Å². The summed E-state index contributed by atoms with van der Waals surface area (Å²) in [5, 5.41) is 0. The van der Waals surface area contributed by atoms with E-state index in [1.54, 1.807) is 51.1 Å². The summed E-state index contributed by atoms with van der Waals surface area (Å²) >= 11 is 0. The van der Waals surface area contributed by atoms with Gasteiger partial charge in [-0.05, 0) is 43.2 Å². The Kier molecular flexibility index (Phi) is 6.66. The number of likely N-dealkylation sites (tertiary alicyclic amines) is 2. The first-order valence-corrected chi connectivity index (χ1v) is 12.4. The summed E-state index contributed by atoms with van der Waals surface area (Å²) in [7, 11) is 1.53. The van der Waals surface area contributed by atoms with Gasteiger partial charge in [0.1, 0.15) is 23.3 Å². The van der Waals surface area contributed by atoms with E-state index in [0.29, 0.717) is 37.2 Å². The molecular weight excluding hydrogens is 465 g/mol. The molecule has 3 fully saturated rings. The molecule has 0 radical (unpaired) electrons. The number of benzene rings is 2. The van der Waals surface area contributed by atoms with Crippen molar-refractivity contribution in [1.29, 1.82) is 0 Å². The minimum Gasteiger partial charge on any atom is -0.497 e. The smallest absolute Gasteiger partial charge is 0.257 e. The van der Waals surface area contributed by atoms with Gasteiger partial charge in [0.05, 0.1) is 19.3 Å². The fourth-order valence-corrected chi connectivity index (χ4v) is 5.46. The van der Waals surface area contributed by atoms with Crippen molar-refractivity contribution in [1.82, 2.24) is 14.7 Å². The minimum atomic E-state index is -1.02. The molecule has 5 rings (SSSR count). The number of hydrogen-bond donors (Lipinski definition) is 0. The molecule has 8 nitrogen and oxygen atoms in total. The van der Waals surface area contributed by atoms with Crippen LogP contribution in [-0.4, -0.2) is 84.1 Å². The molecule has 1 atom stereocenters. The summed E-state index contributed by atoms with van der Waals surface area (Å²) in [6.07, 6.45) is 2.54. The van der Waals surface area contributed by atoms with E-state index in [1.807, 2.05) is 0 Å². The Balaban J connectivity index is 1.41. The molecule has 2 aromatic rings. The predicted octanol–water partition coefficient (Wildman–Crippen LogP) is 2.93. The van der Waals surface area contributed by atoms with E-state index in [-0.39, 0.29) is 37.1 Å². The first kappa shape index (κ1) is 24.2. The molecule has 9 heteroatoms. The molecule has 2 aromatic carbocycles. The maximum absolute atomic E-state index is 14.2. The van der Waals surface area contributed by atoms with Gasteiger partial charge >= 0.3 is 0 Å². The van der Waals surface area contributed by atoms with Gasteiger partial charge in [0.15, 0.2) is 0 Å². The van der Waals surface area contributed by atoms with Crippen LogP contribution in [0.4, 0.5) is 4.39 Å². The number of piperidine rings is 1. The summed E-state index contributed by atoms with van der Waals surface area (Å²) in [4.78, 5) is 45.3. The van der Waals surface area contributed by atoms with Crippen LogP contribution in [0.5, 0.6) is 5.75 Å². The number of amides is 3. The van der Waals surface area contributed by atoms with Crippen LogP contribution in [0.15, 0.2) is 48.5 Å². The Bertz CT molecular complexity index is 1160. The maximum atomic E-state index is 14.2. The molecule has 3 heterocycles. The number of halogens is 1. The number of carbonyl (C=O) groups is 3. The molecule has 0 N–H and O–H groups in total. The third-order valence-corrected chi connectivity index (χ3v) is 7.44. The number of nitrogens with zero attached hydrogens (tertiary/aromatic N) is 3. The maximum Gasteiger partial charge on any atom is 0.257 e. The lowest BCUT2D eigenvalue weighted by molar-refractivity contribution is -0.136. The number of methoxy groups -OCH3 is 1. The quantitative estimate of drug-likeness (QED) is 0.652. The van der Waals surface area contributed by atoms with Crippen LogP contribution >= 0.6 is 0 Å². The van der Waals surface area contributed by atoms with Crippen LogP contribution in [0.3, 0.4) is 0 Å². The second kappa shape index (κ2) is 9.89. The second-order valence-corrected chi connectivity index (χ2v) is 9.48. The molecule has 0 bridgehead atoms. The normalized spacial score (nSPS) is 21.2. The minimum absolute atomic E-state index is 0.0205. The van der Waals surface area contributed by atoms with Crippen LogP contribution in [0, 0.1) is 5.82 Å². The first-order valence-electron chi connectivity index (χ1n) is 12.4. The Morgan fingerprint density at radius 3 is 2.36 bits per heavy atom. The molecule has 0 aliphatic carbocycles. The van der Waals surface area contributed by atoms with Crippen molar-refractivity contribution in [2.75, 3.05) is 39.9 Å². The van der Waals surface area contributed by atoms with Crippen molar-refractivity contribution >= 4 is 17.7 Å². The highest BCUT2D eigenvalue weighted by Crippen LogP contribution is 2.39. The SMILES string of the molecule is COc1cccc(C(=O)N2C(C(=O)N3CCCC3)COC23CCN(C(=O)c2ccccc2F)CC3)c1. The summed E-state index contributed by atoms with van der Waals surface area (Å²) in [6.45, 7) is 2.01. The number of ether oxygens (including phenoxy) is 2. The van der Waals surface area contributed by atoms with Crippen LogP contribution in [0.2, 0.25) is 0 Å². The molecule has 0 saturated carbocycles.